The molecule has 0 fully saturated rings. The van der Waals surface area contributed by atoms with Gasteiger partial charge in [-0.2, -0.15) is 0 Å². The van der Waals surface area contributed by atoms with Gasteiger partial charge in [0.05, 0.1) is 5.75 Å². The molecule has 0 aliphatic heterocycles. The molecule has 6 heteroatoms. The van der Waals surface area contributed by atoms with Crippen molar-refractivity contribution in [2.45, 2.75) is 32.7 Å². The van der Waals surface area contributed by atoms with Crippen molar-refractivity contribution < 1.29 is 13.2 Å². The number of carbonyl (C=O) groups is 1. The molecular weight excluding hydrogens is 216 g/mol. The first-order valence-corrected chi connectivity index (χ1v) is 6.74. The SMILES string of the molecule is CCCS(=O)(=O)CC(=O)NCC(C)(C)N. The molecular formula is C9H20N2O3S. The van der Waals surface area contributed by atoms with Crippen molar-refractivity contribution in [3.05, 3.63) is 0 Å². The van der Waals surface area contributed by atoms with Gasteiger partial charge in [0.15, 0.2) is 9.84 Å². The molecule has 0 bridgehead atoms. The molecule has 0 unspecified atom stereocenters. The summed E-state index contributed by atoms with van der Waals surface area (Å²) in [6.45, 7) is 5.55. The summed E-state index contributed by atoms with van der Waals surface area (Å²) in [6, 6.07) is 0. The quantitative estimate of drug-likeness (QED) is 0.660. The average Bonchev–Trinajstić information content (AvgIpc) is 1.98. The molecule has 15 heavy (non-hydrogen) atoms. The van der Waals surface area contributed by atoms with Gasteiger partial charge in [-0.05, 0) is 20.3 Å². The Morgan fingerprint density at radius 3 is 2.33 bits per heavy atom. The van der Waals surface area contributed by atoms with Crippen molar-refractivity contribution in [1.82, 2.24) is 5.32 Å². The predicted molar refractivity (Wildman–Crippen MR) is 60.2 cm³/mol. The molecule has 90 valence electrons. The molecule has 0 aromatic heterocycles. The number of rotatable bonds is 6. The lowest BCUT2D eigenvalue weighted by Gasteiger charge is -2.18. The topological polar surface area (TPSA) is 89.3 Å². The van der Waals surface area contributed by atoms with Crippen molar-refractivity contribution in [2.24, 2.45) is 5.73 Å². The summed E-state index contributed by atoms with van der Waals surface area (Å²) in [6.07, 6.45) is 0.526. The maximum absolute atomic E-state index is 11.3. The molecule has 0 atom stereocenters. The van der Waals surface area contributed by atoms with E-state index in [1.54, 1.807) is 20.8 Å². The molecule has 0 saturated heterocycles. The smallest absolute Gasteiger partial charge is 0.235 e. The Bertz CT molecular complexity index is 304. The van der Waals surface area contributed by atoms with Gasteiger partial charge in [-0.3, -0.25) is 4.79 Å². The molecule has 0 spiro atoms. The van der Waals surface area contributed by atoms with Crippen molar-refractivity contribution >= 4 is 15.7 Å². The van der Waals surface area contributed by atoms with E-state index in [4.69, 9.17) is 5.73 Å². The first-order valence-electron chi connectivity index (χ1n) is 4.92. The predicted octanol–water partition coefficient (Wildman–Crippen LogP) is -0.335. The van der Waals surface area contributed by atoms with Crippen LogP contribution in [0, 0.1) is 0 Å². The molecule has 0 rings (SSSR count). The van der Waals surface area contributed by atoms with Crippen LogP contribution in [0.2, 0.25) is 0 Å². The van der Waals surface area contributed by atoms with Crippen LogP contribution in [0.5, 0.6) is 0 Å². The van der Waals surface area contributed by atoms with Crippen LogP contribution in [0.25, 0.3) is 0 Å². The summed E-state index contributed by atoms with van der Waals surface area (Å²) in [7, 11) is -3.25. The van der Waals surface area contributed by atoms with Gasteiger partial charge < -0.3 is 11.1 Å². The van der Waals surface area contributed by atoms with Crippen LogP contribution in [-0.4, -0.2) is 37.9 Å². The summed E-state index contributed by atoms with van der Waals surface area (Å²) in [5.41, 5.74) is 5.12. The fourth-order valence-corrected chi connectivity index (χ4v) is 2.23. The lowest BCUT2D eigenvalue weighted by molar-refractivity contribution is -0.118. The molecule has 5 nitrogen and oxygen atoms in total. The van der Waals surface area contributed by atoms with E-state index in [0.717, 1.165) is 0 Å². The summed E-state index contributed by atoms with van der Waals surface area (Å²) in [5.74, 6) is -0.884. The molecule has 0 radical (unpaired) electrons. The van der Waals surface area contributed by atoms with Crippen molar-refractivity contribution in [2.75, 3.05) is 18.1 Å². The Morgan fingerprint density at radius 2 is 1.93 bits per heavy atom. The lowest BCUT2D eigenvalue weighted by atomic mass is 10.1. The zero-order chi connectivity index (χ0) is 12.1. The maximum atomic E-state index is 11.3. The van der Waals surface area contributed by atoms with Gasteiger partial charge in [-0.15, -0.1) is 0 Å². The Labute approximate surface area is 91.3 Å². The minimum Gasteiger partial charge on any atom is -0.353 e. The van der Waals surface area contributed by atoms with Crippen LogP contribution in [0.3, 0.4) is 0 Å². The van der Waals surface area contributed by atoms with E-state index >= 15 is 0 Å². The van der Waals surface area contributed by atoms with Crippen molar-refractivity contribution in [3.63, 3.8) is 0 Å². The van der Waals surface area contributed by atoms with Crippen molar-refractivity contribution in [3.8, 4) is 0 Å². The Balaban J connectivity index is 4.05. The fraction of sp³-hybridized carbons (Fsp3) is 0.889. The number of nitrogens with one attached hydrogen (secondary N) is 1. The van der Waals surface area contributed by atoms with E-state index in [1.165, 1.54) is 0 Å². The minimum atomic E-state index is -3.25. The normalized spacial score (nSPS) is 12.5. The van der Waals surface area contributed by atoms with E-state index in [1.807, 2.05) is 0 Å². The Morgan fingerprint density at radius 1 is 1.40 bits per heavy atom. The van der Waals surface area contributed by atoms with E-state index in [0.29, 0.717) is 6.42 Å². The molecule has 0 saturated carbocycles. The first-order chi connectivity index (χ1) is 6.66. The highest BCUT2D eigenvalue weighted by molar-refractivity contribution is 7.92. The van der Waals surface area contributed by atoms with E-state index < -0.39 is 27.0 Å². The number of hydrogen-bond donors (Lipinski definition) is 2. The third kappa shape index (κ3) is 8.38. The van der Waals surface area contributed by atoms with Gasteiger partial charge in [-0.1, -0.05) is 6.92 Å². The van der Waals surface area contributed by atoms with Crippen LogP contribution in [-0.2, 0) is 14.6 Å². The monoisotopic (exact) mass is 236 g/mol. The number of sulfone groups is 1. The van der Waals surface area contributed by atoms with E-state index in [2.05, 4.69) is 5.32 Å². The summed E-state index contributed by atoms with van der Waals surface area (Å²) >= 11 is 0. The Hall–Kier alpha value is -0.620. The average molecular weight is 236 g/mol. The van der Waals surface area contributed by atoms with Crippen LogP contribution in [0.1, 0.15) is 27.2 Å². The highest BCUT2D eigenvalue weighted by Gasteiger charge is 2.17. The van der Waals surface area contributed by atoms with Gasteiger partial charge in [-0.25, -0.2) is 8.42 Å². The van der Waals surface area contributed by atoms with Crippen LogP contribution >= 0.6 is 0 Å². The summed E-state index contributed by atoms with van der Waals surface area (Å²) in [5, 5.41) is 2.49. The molecule has 0 aromatic rings. The zero-order valence-electron chi connectivity index (χ0n) is 9.54. The second-order valence-corrected chi connectivity index (χ2v) is 6.54. The number of hydrogen-bond acceptors (Lipinski definition) is 4. The van der Waals surface area contributed by atoms with Gasteiger partial charge in [0.2, 0.25) is 5.91 Å². The standard InChI is InChI=1S/C9H20N2O3S/c1-4-5-15(13,14)6-8(12)11-7-9(2,3)10/h4-7,10H2,1-3H3,(H,11,12). The van der Waals surface area contributed by atoms with Gasteiger partial charge in [0, 0.05) is 12.1 Å². The van der Waals surface area contributed by atoms with E-state index in [-0.39, 0.29) is 12.3 Å². The van der Waals surface area contributed by atoms with Crippen LogP contribution in [0.15, 0.2) is 0 Å². The molecule has 0 heterocycles. The van der Waals surface area contributed by atoms with Gasteiger partial charge in [0.25, 0.3) is 0 Å². The summed E-state index contributed by atoms with van der Waals surface area (Å²) < 4.78 is 22.5. The largest absolute Gasteiger partial charge is 0.353 e. The minimum absolute atomic E-state index is 0.0481. The van der Waals surface area contributed by atoms with Crippen molar-refractivity contribution in [1.29, 1.82) is 0 Å². The second-order valence-electron chi connectivity index (χ2n) is 4.36. The molecule has 0 aliphatic rings. The van der Waals surface area contributed by atoms with Gasteiger partial charge in [0.1, 0.15) is 5.75 Å². The Kier molecular flexibility index (Phi) is 5.23. The zero-order valence-corrected chi connectivity index (χ0v) is 10.4. The number of amides is 1. The molecule has 0 aliphatic carbocycles. The van der Waals surface area contributed by atoms with Crippen LogP contribution < -0.4 is 11.1 Å². The summed E-state index contributed by atoms with van der Waals surface area (Å²) in [4.78, 5) is 11.2. The highest BCUT2D eigenvalue weighted by atomic mass is 32.2. The first kappa shape index (κ1) is 14.4. The van der Waals surface area contributed by atoms with Gasteiger partial charge >= 0.3 is 0 Å². The third-order valence-electron chi connectivity index (χ3n) is 1.61. The third-order valence-corrected chi connectivity index (χ3v) is 3.34. The molecule has 1 amide bonds. The number of carbonyl (C=O) groups excluding carboxylic acids is 1. The highest BCUT2D eigenvalue weighted by Crippen LogP contribution is 1.95. The lowest BCUT2D eigenvalue weighted by Crippen LogP contribution is -2.46. The van der Waals surface area contributed by atoms with E-state index in [9.17, 15) is 13.2 Å². The maximum Gasteiger partial charge on any atom is 0.235 e. The number of nitrogens with two attached hydrogens (primary N) is 1. The fourth-order valence-electron chi connectivity index (χ4n) is 0.960. The van der Waals surface area contributed by atoms with Crippen LogP contribution in [0.4, 0.5) is 0 Å². The molecule has 0 aromatic carbocycles. The molecule has 3 N–H and O–H groups in total. The second kappa shape index (κ2) is 5.46.